The standard InChI is InChI=1S/C26H54O3Si2/c1-14-17-22(27)26(23(16-3)29-31(12,13)25(7,8)9)18-20(19-26)21(15-2)28-30(10,11)24(4,5)6/h20-21,23H,14-19H2,1-13H3. The van der Waals surface area contributed by atoms with E-state index in [0.29, 0.717) is 18.1 Å². The van der Waals surface area contributed by atoms with Crippen molar-refractivity contribution < 1.29 is 13.6 Å². The van der Waals surface area contributed by atoms with Crippen LogP contribution in [0.4, 0.5) is 0 Å². The van der Waals surface area contributed by atoms with E-state index in [0.717, 1.165) is 32.1 Å². The average molecular weight is 471 g/mol. The van der Waals surface area contributed by atoms with Crippen molar-refractivity contribution in [2.24, 2.45) is 11.3 Å². The Labute approximate surface area is 196 Å². The van der Waals surface area contributed by atoms with Crippen molar-refractivity contribution >= 4 is 22.4 Å². The summed E-state index contributed by atoms with van der Waals surface area (Å²) in [6, 6.07) is 0. The van der Waals surface area contributed by atoms with Crippen LogP contribution in [0.1, 0.15) is 101 Å². The third kappa shape index (κ3) is 6.33. The third-order valence-electron chi connectivity index (χ3n) is 8.70. The van der Waals surface area contributed by atoms with E-state index in [9.17, 15) is 4.79 Å². The summed E-state index contributed by atoms with van der Waals surface area (Å²) in [6.45, 7) is 29.7. The van der Waals surface area contributed by atoms with Gasteiger partial charge in [0.1, 0.15) is 5.78 Å². The van der Waals surface area contributed by atoms with Gasteiger partial charge in [-0.05, 0) is 74.3 Å². The van der Waals surface area contributed by atoms with Gasteiger partial charge in [0.2, 0.25) is 0 Å². The van der Waals surface area contributed by atoms with Gasteiger partial charge in [-0.3, -0.25) is 4.79 Å². The maximum atomic E-state index is 13.5. The molecule has 0 N–H and O–H groups in total. The average Bonchev–Trinajstić information content (AvgIpc) is 2.56. The van der Waals surface area contributed by atoms with Crippen molar-refractivity contribution in [2.45, 2.75) is 149 Å². The van der Waals surface area contributed by atoms with E-state index < -0.39 is 16.6 Å². The van der Waals surface area contributed by atoms with Crippen molar-refractivity contribution in [2.75, 3.05) is 0 Å². The van der Waals surface area contributed by atoms with Crippen molar-refractivity contribution in [3.63, 3.8) is 0 Å². The summed E-state index contributed by atoms with van der Waals surface area (Å²) in [6.07, 6.45) is 5.69. The Hall–Kier alpha value is 0.0238. The number of hydrogen-bond donors (Lipinski definition) is 0. The van der Waals surface area contributed by atoms with Gasteiger partial charge < -0.3 is 8.85 Å². The molecule has 0 radical (unpaired) electrons. The minimum Gasteiger partial charge on any atom is -0.414 e. The van der Waals surface area contributed by atoms with Crippen LogP contribution in [0.2, 0.25) is 36.3 Å². The van der Waals surface area contributed by atoms with Gasteiger partial charge in [0.05, 0.1) is 11.5 Å². The molecule has 0 heterocycles. The minimum absolute atomic E-state index is 0.0362. The number of carbonyl (C=O) groups is 1. The maximum Gasteiger partial charge on any atom is 0.192 e. The fraction of sp³-hybridized carbons (Fsp3) is 0.962. The van der Waals surface area contributed by atoms with Crippen molar-refractivity contribution in [3.05, 3.63) is 0 Å². The molecule has 0 bridgehead atoms. The Morgan fingerprint density at radius 3 is 1.68 bits per heavy atom. The number of hydrogen-bond acceptors (Lipinski definition) is 3. The lowest BCUT2D eigenvalue weighted by Crippen LogP contribution is -2.60. The highest BCUT2D eigenvalue weighted by Crippen LogP contribution is 2.56. The molecule has 184 valence electrons. The molecule has 5 heteroatoms. The quantitative estimate of drug-likeness (QED) is 0.284. The van der Waals surface area contributed by atoms with Crippen LogP contribution in [-0.4, -0.2) is 34.6 Å². The van der Waals surface area contributed by atoms with Gasteiger partial charge in [-0.2, -0.15) is 0 Å². The van der Waals surface area contributed by atoms with Crippen LogP contribution in [0.5, 0.6) is 0 Å². The van der Waals surface area contributed by atoms with Crippen molar-refractivity contribution in [3.8, 4) is 0 Å². The highest BCUT2D eigenvalue weighted by Gasteiger charge is 2.58. The molecule has 0 aromatic rings. The lowest BCUT2D eigenvalue weighted by Gasteiger charge is -2.56. The zero-order chi connectivity index (χ0) is 24.5. The molecule has 0 aliphatic heterocycles. The van der Waals surface area contributed by atoms with Gasteiger partial charge >= 0.3 is 0 Å². The van der Waals surface area contributed by atoms with Crippen molar-refractivity contribution in [1.29, 1.82) is 0 Å². The Bertz CT molecular complexity index is 593. The van der Waals surface area contributed by atoms with Crippen LogP contribution in [0, 0.1) is 11.3 Å². The summed E-state index contributed by atoms with van der Waals surface area (Å²) in [4.78, 5) is 13.5. The molecule has 0 amide bonds. The molecular formula is C26H54O3Si2. The molecular weight excluding hydrogens is 416 g/mol. The van der Waals surface area contributed by atoms with Crippen LogP contribution in [0.15, 0.2) is 0 Å². The second-order valence-corrected chi connectivity index (χ2v) is 22.6. The second-order valence-electron chi connectivity index (χ2n) is 13.1. The molecule has 2 atom stereocenters. The molecule has 1 saturated carbocycles. The summed E-state index contributed by atoms with van der Waals surface area (Å²) >= 11 is 0. The van der Waals surface area contributed by atoms with Crippen molar-refractivity contribution in [1.82, 2.24) is 0 Å². The molecule has 0 aromatic carbocycles. The third-order valence-corrected chi connectivity index (χ3v) is 17.7. The molecule has 0 aromatic heterocycles. The molecule has 1 aliphatic rings. The van der Waals surface area contributed by atoms with E-state index in [2.05, 4.69) is 88.5 Å². The van der Waals surface area contributed by atoms with Crippen LogP contribution >= 0.6 is 0 Å². The fourth-order valence-electron chi connectivity index (χ4n) is 4.47. The highest BCUT2D eigenvalue weighted by atomic mass is 28.4. The van der Waals surface area contributed by atoms with Gasteiger partial charge in [0, 0.05) is 12.5 Å². The molecule has 1 rings (SSSR count). The van der Waals surface area contributed by atoms with E-state index in [1.807, 2.05) is 0 Å². The lowest BCUT2D eigenvalue weighted by molar-refractivity contribution is -0.155. The van der Waals surface area contributed by atoms with Crippen LogP contribution in [0.25, 0.3) is 0 Å². The molecule has 3 nitrogen and oxygen atoms in total. The minimum atomic E-state index is -1.95. The molecule has 0 spiro atoms. The molecule has 0 saturated heterocycles. The Morgan fingerprint density at radius 2 is 1.32 bits per heavy atom. The van der Waals surface area contributed by atoms with E-state index >= 15 is 0 Å². The zero-order valence-corrected chi connectivity index (χ0v) is 25.2. The summed E-state index contributed by atoms with van der Waals surface area (Å²) < 4.78 is 13.8. The predicted octanol–water partition coefficient (Wildman–Crippen LogP) is 8.35. The number of rotatable bonds is 11. The first kappa shape index (κ1) is 29.1. The van der Waals surface area contributed by atoms with Gasteiger partial charge in [-0.25, -0.2) is 0 Å². The smallest absolute Gasteiger partial charge is 0.192 e. The van der Waals surface area contributed by atoms with E-state index in [1.54, 1.807) is 0 Å². The fourth-order valence-corrected chi connectivity index (χ4v) is 7.40. The Kier molecular flexibility index (Phi) is 9.47. The highest BCUT2D eigenvalue weighted by molar-refractivity contribution is 6.74. The largest absolute Gasteiger partial charge is 0.414 e. The topological polar surface area (TPSA) is 35.5 Å². The lowest BCUT2D eigenvalue weighted by atomic mass is 9.54. The normalized spacial score (nSPS) is 25.1. The molecule has 1 aliphatic carbocycles. The maximum absolute atomic E-state index is 13.5. The first-order valence-corrected chi connectivity index (χ1v) is 18.6. The van der Waals surface area contributed by atoms with Crippen LogP contribution < -0.4 is 0 Å². The van der Waals surface area contributed by atoms with E-state index in [-0.39, 0.29) is 27.7 Å². The molecule has 2 unspecified atom stereocenters. The first-order chi connectivity index (χ1) is 13.9. The molecule has 31 heavy (non-hydrogen) atoms. The van der Waals surface area contributed by atoms with E-state index in [1.165, 1.54) is 0 Å². The molecule has 1 fully saturated rings. The summed E-state index contributed by atoms with van der Waals surface area (Å²) in [5.74, 6) is 0.899. The monoisotopic (exact) mass is 470 g/mol. The summed E-state index contributed by atoms with van der Waals surface area (Å²) in [5.41, 5.74) is -0.310. The predicted molar refractivity (Wildman–Crippen MR) is 140 cm³/mol. The number of Topliss-reactive ketones (excluding diaryl/α,β-unsaturated/α-hetero) is 1. The number of carbonyl (C=O) groups excluding carboxylic acids is 1. The van der Waals surface area contributed by atoms with Gasteiger partial charge in [0.25, 0.3) is 0 Å². The zero-order valence-electron chi connectivity index (χ0n) is 23.2. The van der Waals surface area contributed by atoms with Gasteiger partial charge in [0.15, 0.2) is 16.6 Å². The van der Waals surface area contributed by atoms with E-state index in [4.69, 9.17) is 8.85 Å². The second kappa shape index (κ2) is 10.1. The number of ketones is 1. The van der Waals surface area contributed by atoms with Crippen LogP contribution in [-0.2, 0) is 13.6 Å². The Morgan fingerprint density at radius 1 is 0.871 bits per heavy atom. The van der Waals surface area contributed by atoms with Gasteiger partial charge in [-0.15, -0.1) is 0 Å². The summed E-state index contributed by atoms with van der Waals surface area (Å²) in [5, 5.41) is 0.354. The van der Waals surface area contributed by atoms with Crippen LogP contribution in [0.3, 0.4) is 0 Å². The Balaban J connectivity index is 3.14. The SMILES string of the molecule is CCCC(=O)C1(C(CC)O[Si](C)(C)C(C)(C)C)CC(C(CC)O[Si](C)(C)C(C)(C)C)C1. The van der Waals surface area contributed by atoms with Gasteiger partial charge in [-0.1, -0.05) is 62.3 Å². The first-order valence-electron chi connectivity index (χ1n) is 12.8. The summed E-state index contributed by atoms with van der Waals surface area (Å²) in [7, 11) is -3.78.